The molecule has 2 atom stereocenters. The van der Waals surface area contributed by atoms with Crippen molar-refractivity contribution < 1.29 is 24.2 Å². The summed E-state index contributed by atoms with van der Waals surface area (Å²) in [5.74, 6) is -3.14. The molecule has 1 amide bonds. The van der Waals surface area contributed by atoms with E-state index in [4.69, 9.17) is 4.74 Å². The van der Waals surface area contributed by atoms with Gasteiger partial charge in [-0.25, -0.2) is 4.79 Å². The lowest BCUT2D eigenvalue weighted by Gasteiger charge is -2.24. The van der Waals surface area contributed by atoms with Gasteiger partial charge in [0, 0.05) is 4.88 Å². The van der Waals surface area contributed by atoms with Gasteiger partial charge in [-0.15, -0.1) is 11.3 Å². The van der Waals surface area contributed by atoms with Gasteiger partial charge in [-0.2, -0.15) is 0 Å². The maximum Gasteiger partial charge on any atom is 0.341 e. The van der Waals surface area contributed by atoms with Crippen molar-refractivity contribution in [2.75, 3.05) is 12.4 Å². The average molecular weight is 349 g/mol. The number of esters is 1. The SMILES string of the molecule is COC(=O)c1c(NC(=O)[C@@H]2CC=CC[C@H]2C(=O)O)sc2c1CCC2. The summed E-state index contributed by atoms with van der Waals surface area (Å²) in [6.45, 7) is 0. The molecule has 6 nitrogen and oxygen atoms in total. The van der Waals surface area contributed by atoms with Gasteiger partial charge >= 0.3 is 11.9 Å². The second-order valence-electron chi connectivity index (χ2n) is 6.04. The van der Waals surface area contributed by atoms with E-state index in [1.165, 1.54) is 18.4 Å². The van der Waals surface area contributed by atoms with Crippen LogP contribution in [0.25, 0.3) is 0 Å². The third-order valence-corrected chi connectivity index (χ3v) is 5.84. The van der Waals surface area contributed by atoms with Crippen LogP contribution in [-0.4, -0.2) is 30.1 Å². The molecular weight excluding hydrogens is 330 g/mol. The first-order valence-corrected chi connectivity index (χ1v) is 8.76. The molecule has 1 aromatic heterocycles. The molecule has 0 spiro atoms. The van der Waals surface area contributed by atoms with Gasteiger partial charge in [0.25, 0.3) is 0 Å². The summed E-state index contributed by atoms with van der Waals surface area (Å²) >= 11 is 1.40. The number of methoxy groups -OCH3 is 1. The molecule has 0 aromatic carbocycles. The number of aryl methyl sites for hydroxylation is 1. The molecule has 0 radical (unpaired) electrons. The van der Waals surface area contributed by atoms with Crippen molar-refractivity contribution in [3.63, 3.8) is 0 Å². The van der Waals surface area contributed by atoms with Crippen LogP contribution in [0.1, 0.15) is 40.1 Å². The first kappa shape index (κ1) is 16.7. The zero-order valence-corrected chi connectivity index (χ0v) is 14.1. The smallest absolute Gasteiger partial charge is 0.341 e. The van der Waals surface area contributed by atoms with Gasteiger partial charge in [-0.05, 0) is 37.7 Å². The van der Waals surface area contributed by atoms with Crippen molar-refractivity contribution >= 4 is 34.2 Å². The number of fused-ring (bicyclic) bond motifs is 1. The summed E-state index contributed by atoms with van der Waals surface area (Å²) in [6.07, 6.45) is 7.05. The van der Waals surface area contributed by atoms with Crippen LogP contribution in [-0.2, 0) is 27.2 Å². The quantitative estimate of drug-likeness (QED) is 0.644. The average Bonchev–Trinajstić information content (AvgIpc) is 3.14. The predicted molar refractivity (Wildman–Crippen MR) is 89.3 cm³/mol. The number of carbonyl (C=O) groups is 3. The fraction of sp³-hybridized carbons (Fsp3) is 0.471. The number of nitrogens with one attached hydrogen (secondary N) is 1. The van der Waals surface area contributed by atoms with E-state index in [0.29, 0.717) is 23.4 Å². The van der Waals surface area contributed by atoms with Gasteiger partial charge in [0.2, 0.25) is 5.91 Å². The third kappa shape index (κ3) is 2.96. The molecule has 2 N–H and O–H groups in total. The number of hydrogen-bond acceptors (Lipinski definition) is 5. The number of carbonyl (C=O) groups excluding carboxylic acids is 2. The van der Waals surface area contributed by atoms with E-state index in [1.807, 2.05) is 6.08 Å². The summed E-state index contributed by atoms with van der Waals surface area (Å²) < 4.78 is 4.86. The number of aliphatic carboxylic acids is 1. The maximum absolute atomic E-state index is 12.6. The first-order valence-electron chi connectivity index (χ1n) is 7.94. The Morgan fingerprint density at radius 2 is 1.92 bits per heavy atom. The van der Waals surface area contributed by atoms with Gasteiger partial charge in [0.15, 0.2) is 0 Å². The Kier molecular flexibility index (Phi) is 4.71. The molecule has 0 aliphatic heterocycles. The fourth-order valence-electron chi connectivity index (χ4n) is 3.39. The van der Waals surface area contributed by atoms with Crippen LogP contribution in [0.4, 0.5) is 5.00 Å². The molecule has 3 rings (SSSR count). The van der Waals surface area contributed by atoms with Gasteiger partial charge in [-0.3, -0.25) is 9.59 Å². The molecule has 2 aliphatic carbocycles. The molecule has 7 heteroatoms. The largest absolute Gasteiger partial charge is 0.481 e. The van der Waals surface area contributed by atoms with Crippen LogP contribution in [0.5, 0.6) is 0 Å². The van der Waals surface area contributed by atoms with Crippen molar-refractivity contribution in [2.24, 2.45) is 11.8 Å². The summed E-state index contributed by atoms with van der Waals surface area (Å²) in [5.41, 5.74) is 1.39. The van der Waals surface area contributed by atoms with E-state index in [1.54, 1.807) is 6.08 Å². The minimum Gasteiger partial charge on any atom is -0.481 e. The summed E-state index contributed by atoms with van der Waals surface area (Å²) in [5, 5.41) is 12.6. The Morgan fingerprint density at radius 3 is 2.58 bits per heavy atom. The topological polar surface area (TPSA) is 92.7 Å². The minimum atomic E-state index is -0.971. The molecule has 0 bridgehead atoms. The molecule has 24 heavy (non-hydrogen) atoms. The highest BCUT2D eigenvalue weighted by molar-refractivity contribution is 7.17. The van der Waals surface area contributed by atoms with E-state index in [2.05, 4.69) is 5.32 Å². The monoisotopic (exact) mass is 349 g/mol. The predicted octanol–water partition coefficient (Wildman–Crippen LogP) is 2.63. The van der Waals surface area contributed by atoms with Crippen molar-refractivity contribution in [2.45, 2.75) is 32.1 Å². The molecule has 1 heterocycles. The third-order valence-electron chi connectivity index (χ3n) is 4.63. The van der Waals surface area contributed by atoms with Crippen LogP contribution in [0.15, 0.2) is 12.2 Å². The molecule has 1 aromatic rings. The number of anilines is 1. The Hall–Kier alpha value is -2.15. The lowest BCUT2D eigenvalue weighted by molar-refractivity contribution is -0.146. The van der Waals surface area contributed by atoms with E-state index in [-0.39, 0.29) is 5.91 Å². The van der Waals surface area contributed by atoms with E-state index in [0.717, 1.165) is 29.7 Å². The lowest BCUT2D eigenvalue weighted by Crippen LogP contribution is -2.34. The van der Waals surface area contributed by atoms with Crippen LogP contribution in [0, 0.1) is 11.8 Å². The molecule has 128 valence electrons. The minimum absolute atomic E-state index is 0.345. The van der Waals surface area contributed by atoms with Crippen molar-refractivity contribution in [3.8, 4) is 0 Å². The summed E-state index contributed by atoms with van der Waals surface area (Å²) in [7, 11) is 1.32. The van der Waals surface area contributed by atoms with E-state index in [9.17, 15) is 19.5 Å². The number of amides is 1. The number of thiophene rings is 1. The lowest BCUT2D eigenvalue weighted by atomic mass is 9.82. The molecule has 0 fully saturated rings. The van der Waals surface area contributed by atoms with Crippen molar-refractivity contribution in [1.82, 2.24) is 0 Å². The fourth-order valence-corrected chi connectivity index (χ4v) is 4.67. The summed E-state index contributed by atoms with van der Waals surface area (Å²) in [4.78, 5) is 37.2. The normalized spacial score (nSPS) is 22.0. The van der Waals surface area contributed by atoms with Crippen molar-refractivity contribution in [1.29, 1.82) is 0 Å². The van der Waals surface area contributed by atoms with Gasteiger partial charge < -0.3 is 15.2 Å². The van der Waals surface area contributed by atoms with Gasteiger partial charge in [-0.1, -0.05) is 12.2 Å². The van der Waals surface area contributed by atoms with Crippen molar-refractivity contribution in [3.05, 3.63) is 28.2 Å². The number of hydrogen-bond donors (Lipinski definition) is 2. The molecule has 0 unspecified atom stereocenters. The number of ether oxygens (including phenoxy) is 1. The van der Waals surface area contributed by atoms with Gasteiger partial charge in [0.05, 0.1) is 24.5 Å². The highest BCUT2D eigenvalue weighted by atomic mass is 32.1. The highest BCUT2D eigenvalue weighted by Gasteiger charge is 2.35. The second kappa shape index (κ2) is 6.76. The van der Waals surface area contributed by atoms with E-state index >= 15 is 0 Å². The maximum atomic E-state index is 12.6. The molecule has 0 saturated carbocycles. The summed E-state index contributed by atoms with van der Waals surface area (Å²) in [6, 6.07) is 0. The molecule has 2 aliphatic rings. The zero-order chi connectivity index (χ0) is 17.3. The highest BCUT2D eigenvalue weighted by Crippen LogP contribution is 2.40. The van der Waals surface area contributed by atoms with Crippen LogP contribution in [0.2, 0.25) is 0 Å². The Morgan fingerprint density at radius 1 is 1.21 bits per heavy atom. The van der Waals surface area contributed by atoms with Crippen LogP contribution in [0.3, 0.4) is 0 Å². The zero-order valence-electron chi connectivity index (χ0n) is 13.3. The first-order chi connectivity index (χ1) is 11.5. The molecular formula is C17H19NO5S. The standard InChI is InChI=1S/C17H19NO5S/c1-23-17(22)13-11-7-4-8-12(11)24-15(13)18-14(19)9-5-2-3-6-10(9)16(20)21/h2-3,9-10H,4-8H2,1H3,(H,18,19)(H,20,21)/t9-,10-/m1/s1. The van der Waals surface area contributed by atoms with Gasteiger partial charge in [0.1, 0.15) is 5.00 Å². The van der Waals surface area contributed by atoms with E-state index < -0.39 is 23.8 Å². The number of allylic oxidation sites excluding steroid dienone is 2. The number of carboxylic acid groups (broad SMARTS) is 1. The molecule has 0 saturated heterocycles. The second-order valence-corrected chi connectivity index (χ2v) is 7.14. The number of rotatable bonds is 4. The number of carboxylic acids is 1. The Bertz CT molecular complexity index is 721. The van der Waals surface area contributed by atoms with Crippen LogP contribution < -0.4 is 5.32 Å². The Labute approximate surface area is 143 Å². The Balaban J connectivity index is 1.86. The van der Waals surface area contributed by atoms with Crippen LogP contribution >= 0.6 is 11.3 Å².